The summed E-state index contributed by atoms with van der Waals surface area (Å²) in [6.45, 7) is 0. The summed E-state index contributed by atoms with van der Waals surface area (Å²) in [6.07, 6.45) is 3.97. The number of nitriles is 1. The number of thioether (sulfide) groups is 1. The molecule has 0 amide bonds. The smallest absolute Gasteiger partial charge is 0.223 e. The molecule has 0 unspecified atom stereocenters. The van der Waals surface area contributed by atoms with Crippen LogP contribution in [0.5, 0.6) is 5.75 Å². The summed E-state index contributed by atoms with van der Waals surface area (Å²) in [7, 11) is 1.64. The monoisotopic (exact) mass is 363 g/mol. The van der Waals surface area contributed by atoms with Crippen molar-refractivity contribution in [2.24, 2.45) is 0 Å². The number of ether oxygens (including phenoxy) is 1. The second kappa shape index (κ2) is 7.10. The summed E-state index contributed by atoms with van der Waals surface area (Å²) in [6, 6.07) is 12.3. The number of nitrogens with zero attached hydrogens (tertiary/aromatic N) is 3. The van der Waals surface area contributed by atoms with E-state index in [1.807, 2.05) is 29.7 Å². The summed E-state index contributed by atoms with van der Waals surface area (Å²) in [5.41, 5.74) is 3.11. The summed E-state index contributed by atoms with van der Waals surface area (Å²) in [5.74, 6) is 1.38. The molecule has 0 saturated heterocycles. The average molecular weight is 363 g/mol. The Kier molecular flexibility index (Phi) is 4.50. The van der Waals surface area contributed by atoms with Crippen molar-refractivity contribution in [2.75, 3.05) is 12.4 Å². The summed E-state index contributed by atoms with van der Waals surface area (Å²) in [4.78, 5) is 8.73. The normalized spacial score (nSPS) is 17.8. The maximum Gasteiger partial charge on any atom is 0.223 e. The first-order valence-corrected chi connectivity index (χ1v) is 9.17. The van der Waals surface area contributed by atoms with Crippen LogP contribution in [-0.4, -0.2) is 23.1 Å². The van der Waals surface area contributed by atoms with Gasteiger partial charge in [-0.3, -0.25) is 0 Å². The molecule has 0 bridgehead atoms. The quantitative estimate of drug-likeness (QED) is 0.786. The van der Waals surface area contributed by atoms with Crippen molar-refractivity contribution in [1.29, 1.82) is 5.26 Å². The summed E-state index contributed by atoms with van der Waals surface area (Å²) >= 11 is 1.49. The molecule has 6 nitrogen and oxygen atoms in total. The van der Waals surface area contributed by atoms with Crippen LogP contribution >= 0.6 is 11.8 Å². The topological polar surface area (TPSA) is 82.9 Å². The molecule has 2 aromatic rings. The summed E-state index contributed by atoms with van der Waals surface area (Å²) in [5, 5.41) is 19.0. The zero-order chi connectivity index (χ0) is 17.9. The van der Waals surface area contributed by atoms with Crippen LogP contribution in [-0.2, 0) is 0 Å². The Labute approximate surface area is 156 Å². The number of aromatic nitrogens is 2. The molecule has 1 fully saturated rings. The lowest BCUT2D eigenvalue weighted by Crippen LogP contribution is -2.09. The molecule has 1 aromatic heterocycles. The number of benzene rings is 1. The number of rotatable bonds is 5. The van der Waals surface area contributed by atoms with Crippen molar-refractivity contribution >= 4 is 29.0 Å². The third-order valence-corrected chi connectivity index (χ3v) is 5.00. The molecule has 7 heteroatoms. The molecule has 0 radical (unpaired) electrons. The van der Waals surface area contributed by atoms with E-state index in [0.717, 1.165) is 34.9 Å². The molecule has 1 aliphatic heterocycles. The first-order chi connectivity index (χ1) is 12.8. The third kappa shape index (κ3) is 3.51. The maximum absolute atomic E-state index is 9.67. The molecule has 26 heavy (non-hydrogen) atoms. The first-order valence-electron chi connectivity index (χ1n) is 8.29. The van der Waals surface area contributed by atoms with E-state index in [1.165, 1.54) is 11.8 Å². The van der Waals surface area contributed by atoms with E-state index >= 15 is 0 Å². The van der Waals surface area contributed by atoms with Crippen LogP contribution in [0.3, 0.4) is 0 Å². The molecular weight excluding hydrogens is 346 g/mol. The molecule has 4 rings (SSSR count). The van der Waals surface area contributed by atoms with E-state index in [-0.39, 0.29) is 0 Å². The fourth-order valence-corrected chi connectivity index (χ4v) is 3.40. The number of hydrogen-bond acceptors (Lipinski definition) is 7. The van der Waals surface area contributed by atoms with Gasteiger partial charge >= 0.3 is 0 Å². The molecule has 0 atom stereocenters. The van der Waals surface area contributed by atoms with Crippen molar-refractivity contribution in [3.8, 4) is 11.8 Å². The van der Waals surface area contributed by atoms with Gasteiger partial charge in [0.25, 0.3) is 0 Å². The molecule has 1 aromatic carbocycles. The lowest BCUT2D eigenvalue weighted by atomic mass is 10.1. The van der Waals surface area contributed by atoms with Gasteiger partial charge in [-0.2, -0.15) is 5.26 Å². The highest BCUT2D eigenvalue weighted by Crippen LogP contribution is 2.35. The number of methoxy groups -OCH3 is 1. The second-order valence-electron chi connectivity index (χ2n) is 6.00. The number of anilines is 1. The Morgan fingerprint density at radius 3 is 2.81 bits per heavy atom. The van der Waals surface area contributed by atoms with Gasteiger partial charge in [-0.1, -0.05) is 11.8 Å². The van der Waals surface area contributed by atoms with Crippen molar-refractivity contribution in [1.82, 2.24) is 15.3 Å². The van der Waals surface area contributed by atoms with Gasteiger partial charge in [0.1, 0.15) is 17.4 Å². The van der Waals surface area contributed by atoms with Gasteiger partial charge in [0.05, 0.1) is 23.5 Å². The van der Waals surface area contributed by atoms with E-state index < -0.39 is 0 Å². The van der Waals surface area contributed by atoms with Gasteiger partial charge in [0.2, 0.25) is 5.95 Å². The highest BCUT2D eigenvalue weighted by molar-refractivity contribution is 8.06. The molecule has 1 saturated carbocycles. The Hall–Kier alpha value is -2.98. The highest BCUT2D eigenvalue weighted by atomic mass is 32.2. The van der Waals surface area contributed by atoms with Gasteiger partial charge in [0, 0.05) is 17.6 Å². The van der Waals surface area contributed by atoms with E-state index in [1.54, 1.807) is 19.4 Å². The molecule has 130 valence electrons. The van der Waals surface area contributed by atoms with Gasteiger partial charge < -0.3 is 15.4 Å². The van der Waals surface area contributed by atoms with Gasteiger partial charge in [-0.25, -0.2) is 9.97 Å². The molecule has 2 heterocycles. The van der Waals surface area contributed by atoms with Crippen molar-refractivity contribution in [2.45, 2.75) is 18.9 Å². The van der Waals surface area contributed by atoms with Crippen LogP contribution < -0.4 is 15.4 Å². The second-order valence-corrected chi connectivity index (χ2v) is 6.88. The average Bonchev–Trinajstić information content (AvgIpc) is 3.36. The number of allylic oxidation sites excluding steroid dienone is 1. The Morgan fingerprint density at radius 2 is 2.12 bits per heavy atom. The number of nitrogens with one attached hydrogen (secondary N) is 2. The highest BCUT2D eigenvalue weighted by Gasteiger charge is 2.23. The Bertz CT molecular complexity index is 926. The standard InChI is InChI=1S/C19H17N5OS/c1-25-14-6-2-12(3-7-14)17-11-26-18(23-17)15(10-20)16-8-9-21-19(24-16)22-13-4-5-13/h2-3,6-9,11,13,23H,4-5H2,1H3,(H,21,22,24). The van der Waals surface area contributed by atoms with Gasteiger partial charge in [-0.15, -0.1) is 0 Å². The van der Waals surface area contributed by atoms with Crippen molar-refractivity contribution in [3.05, 3.63) is 58.2 Å². The summed E-state index contributed by atoms with van der Waals surface area (Å²) < 4.78 is 5.19. The largest absolute Gasteiger partial charge is 0.497 e. The minimum absolute atomic E-state index is 0.464. The molecule has 1 aliphatic carbocycles. The van der Waals surface area contributed by atoms with Crippen molar-refractivity contribution < 1.29 is 4.74 Å². The predicted octanol–water partition coefficient (Wildman–Crippen LogP) is 3.59. The zero-order valence-electron chi connectivity index (χ0n) is 14.2. The van der Waals surface area contributed by atoms with E-state index in [0.29, 0.717) is 23.3 Å². The van der Waals surface area contributed by atoms with Crippen LogP contribution in [0.15, 0.2) is 47.0 Å². The van der Waals surface area contributed by atoms with Gasteiger partial charge in [0.15, 0.2) is 0 Å². The molecule has 2 N–H and O–H groups in total. The SMILES string of the molecule is COc1ccc(C2=CSC(=C(C#N)c3ccnc(NC4CC4)n3)N2)cc1. The van der Waals surface area contributed by atoms with E-state index in [2.05, 4.69) is 26.7 Å². The minimum Gasteiger partial charge on any atom is -0.497 e. The Balaban J connectivity index is 1.56. The predicted molar refractivity (Wildman–Crippen MR) is 103 cm³/mol. The van der Waals surface area contributed by atoms with E-state index in [9.17, 15) is 5.26 Å². The molecular formula is C19H17N5OS. The van der Waals surface area contributed by atoms with Gasteiger partial charge in [-0.05, 0) is 48.7 Å². The fraction of sp³-hybridized carbons (Fsp3) is 0.211. The Morgan fingerprint density at radius 1 is 1.31 bits per heavy atom. The molecule has 2 aliphatic rings. The van der Waals surface area contributed by atoms with Crippen LogP contribution in [0.1, 0.15) is 24.1 Å². The van der Waals surface area contributed by atoms with Crippen LogP contribution in [0, 0.1) is 11.3 Å². The number of hydrogen-bond donors (Lipinski definition) is 2. The first kappa shape index (κ1) is 16.5. The van der Waals surface area contributed by atoms with Crippen molar-refractivity contribution in [3.63, 3.8) is 0 Å². The van der Waals surface area contributed by atoms with E-state index in [4.69, 9.17) is 4.74 Å². The lowest BCUT2D eigenvalue weighted by molar-refractivity contribution is 0.415. The minimum atomic E-state index is 0.464. The zero-order valence-corrected chi connectivity index (χ0v) is 15.0. The lowest BCUT2D eigenvalue weighted by Gasteiger charge is -2.09. The van der Waals surface area contributed by atoms with Crippen LogP contribution in [0.2, 0.25) is 0 Å². The molecule has 0 spiro atoms. The van der Waals surface area contributed by atoms with Crippen LogP contribution in [0.4, 0.5) is 5.95 Å². The third-order valence-electron chi connectivity index (χ3n) is 4.11. The fourth-order valence-electron chi connectivity index (χ4n) is 2.53. The van der Waals surface area contributed by atoms with Crippen LogP contribution in [0.25, 0.3) is 11.3 Å². The maximum atomic E-state index is 9.67.